The average Bonchev–Trinajstić information content (AvgIpc) is 2.89. The van der Waals surface area contributed by atoms with Crippen LogP contribution in [0.1, 0.15) is 32.4 Å². The van der Waals surface area contributed by atoms with Gasteiger partial charge in [-0.2, -0.15) is 0 Å². The van der Waals surface area contributed by atoms with Crippen LogP contribution in [0.4, 0.5) is 5.82 Å². The number of imidazole rings is 1. The smallest absolute Gasteiger partial charge is 0.195 e. The monoisotopic (exact) mass is 251 g/mol. The molecule has 2 aromatic rings. The topological polar surface area (TPSA) is 40.8 Å². The Morgan fingerprint density at radius 3 is 3.00 bits per heavy atom. The van der Waals surface area contributed by atoms with Crippen LogP contribution in [0.2, 0.25) is 0 Å². The van der Waals surface area contributed by atoms with Crippen molar-refractivity contribution in [3.8, 4) is 0 Å². The van der Waals surface area contributed by atoms with E-state index in [0.29, 0.717) is 0 Å². The summed E-state index contributed by atoms with van der Waals surface area (Å²) < 4.78 is 1.99. The van der Waals surface area contributed by atoms with Crippen LogP contribution in [0.5, 0.6) is 0 Å². The van der Waals surface area contributed by atoms with E-state index in [4.69, 9.17) is 0 Å². The second-order valence-corrected chi connectivity index (χ2v) is 6.04. The van der Waals surface area contributed by atoms with Gasteiger partial charge >= 0.3 is 0 Å². The van der Waals surface area contributed by atoms with Gasteiger partial charge in [0.15, 0.2) is 10.8 Å². The number of aliphatic hydroxyl groups excluding tert-OH is 1. The second-order valence-electron chi connectivity index (χ2n) is 5.16. The van der Waals surface area contributed by atoms with Crippen molar-refractivity contribution in [3.05, 3.63) is 17.3 Å². The van der Waals surface area contributed by atoms with Crippen LogP contribution in [-0.2, 0) is 6.61 Å². The average molecular weight is 251 g/mol. The minimum absolute atomic E-state index is 0.0415. The van der Waals surface area contributed by atoms with E-state index in [0.717, 1.165) is 23.0 Å². The van der Waals surface area contributed by atoms with E-state index >= 15 is 0 Å². The maximum Gasteiger partial charge on any atom is 0.195 e. The Bertz CT molecular complexity index is 543. The summed E-state index contributed by atoms with van der Waals surface area (Å²) >= 11 is 1.61. The molecule has 1 fully saturated rings. The molecule has 17 heavy (non-hydrogen) atoms. The molecule has 0 unspecified atom stereocenters. The van der Waals surface area contributed by atoms with E-state index in [1.165, 1.54) is 12.8 Å². The molecule has 3 heterocycles. The van der Waals surface area contributed by atoms with Crippen LogP contribution in [-0.4, -0.2) is 26.6 Å². The molecule has 4 nitrogen and oxygen atoms in total. The normalized spacial score (nSPS) is 19.4. The third-order valence-electron chi connectivity index (χ3n) is 3.65. The molecule has 0 atom stereocenters. The predicted molar refractivity (Wildman–Crippen MR) is 69.7 cm³/mol. The summed E-state index contributed by atoms with van der Waals surface area (Å²) in [5.41, 5.74) is 1.06. The van der Waals surface area contributed by atoms with E-state index in [1.807, 2.05) is 16.0 Å². The zero-order valence-electron chi connectivity index (χ0n) is 10.2. The molecule has 3 rings (SSSR count). The Labute approximate surface area is 105 Å². The molecule has 92 valence electrons. The van der Waals surface area contributed by atoms with Crippen LogP contribution in [0, 0.1) is 0 Å². The Morgan fingerprint density at radius 2 is 2.35 bits per heavy atom. The summed E-state index contributed by atoms with van der Waals surface area (Å²) in [6.07, 6.45) is 4.36. The van der Waals surface area contributed by atoms with Crippen molar-refractivity contribution in [2.24, 2.45) is 0 Å². The second kappa shape index (κ2) is 3.71. The molecule has 0 amide bonds. The van der Waals surface area contributed by atoms with Gasteiger partial charge in [0.1, 0.15) is 0 Å². The highest BCUT2D eigenvalue weighted by Crippen LogP contribution is 2.36. The molecule has 0 spiro atoms. The van der Waals surface area contributed by atoms with Crippen LogP contribution in [0.25, 0.3) is 4.96 Å². The zero-order valence-corrected chi connectivity index (χ0v) is 11.0. The molecule has 2 aromatic heterocycles. The Hall–Kier alpha value is -1.07. The molecule has 1 aliphatic heterocycles. The predicted octanol–water partition coefficient (Wildman–Crippen LogP) is 2.27. The van der Waals surface area contributed by atoms with E-state index in [2.05, 4.69) is 23.7 Å². The number of fused-ring (bicyclic) bond motifs is 1. The Balaban J connectivity index is 2.13. The van der Waals surface area contributed by atoms with E-state index in [9.17, 15) is 5.11 Å². The molecule has 0 radical (unpaired) electrons. The molecular formula is C12H17N3OS. The molecule has 0 bridgehead atoms. The van der Waals surface area contributed by atoms with Gasteiger partial charge in [0, 0.05) is 23.7 Å². The van der Waals surface area contributed by atoms with Gasteiger partial charge in [-0.25, -0.2) is 4.98 Å². The van der Waals surface area contributed by atoms with Crippen LogP contribution in [0.3, 0.4) is 0 Å². The summed E-state index contributed by atoms with van der Waals surface area (Å²) in [6, 6.07) is 0. The highest BCUT2D eigenvalue weighted by molar-refractivity contribution is 7.15. The zero-order chi connectivity index (χ0) is 12.0. The Kier molecular flexibility index (Phi) is 2.41. The molecule has 1 N–H and O–H groups in total. The number of hydrogen-bond donors (Lipinski definition) is 1. The number of nitrogens with zero attached hydrogens (tertiary/aromatic N) is 3. The molecular weight excluding hydrogens is 234 g/mol. The van der Waals surface area contributed by atoms with Crippen LogP contribution in [0.15, 0.2) is 11.6 Å². The summed E-state index contributed by atoms with van der Waals surface area (Å²) in [5.74, 6) is 0.960. The fourth-order valence-electron chi connectivity index (χ4n) is 2.68. The maximum atomic E-state index is 9.57. The fourth-order valence-corrected chi connectivity index (χ4v) is 3.41. The largest absolute Gasteiger partial charge is 0.390 e. The van der Waals surface area contributed by atoms with Crippen molar-refractivity contribution in [1.29, 1.82) is 0 Å². The first-order valence-electron chi connectivity index (χ1n) is 5.96. The van der Waals surface area contributed by atoms with Crippen LogP contribution < -0.4 is 4.90 Å². The molecule has 0 aliphatic carbocycles. The highest BCUT2D eigenvalue weighted by Gasteiger charge is 2.35. The first kappa shape index (κ1) is 11.0. The van der Waals surface area contributed by atoms with Gasteiger partial charge in [-0.1, -0.05) is 0 Å². The number of aromatic nitrogens is 2. The third kappa shape index (κ3) is 1.57. The summed E-state index contributed by atoms with van der Waals surface area (Å²) in [6.45, 7) is 5.56. The first-order chi connectivity index (χ1) is 8.13. The molecule has 5 heteroatoms. The number of thiazole rings is 1. The van der Waals surface area contributed by atoms with Gasteiger partial charge in [-0.15, -0.1) is 11.3 Å². The molecule has 0 saturated carbocycles. The van der Waals surface area contributed by atoms with Gasteiger partial charge in [-0.05, 0) is 26.7 Å². The lowest BCUT2D eigenvalue weighted by Crippen LogP contribution is -2.39. The highest BCUT2D eigenvalue weighted by atomic mass is 32.1. The van der Waals surface area contributed by atoms with Crippen molar-refractivity contribution in [2.45, 2.75) is 38.8 Å². The summed E-state index contributed by atoms with van der Waals surface area (Å²) in [5, 5.41) is 11.6. The first-order valence-corrected chi connectivity index (χ1v) is 6.84. The third-order valence-corrected chi connectivity index (χ3v) is 4.40. The number of aliphatic hydroxyl groups is 1. The van der Waals surface area contributed by atoms with Crippen molar-refractivity contribution in [2.75, 3.05) is 11.4 Å². The SMILES string of the molecule is CC1(C)CCCN1c1nc2sccn2c1CO. The molecule has 1 saturated heterocycles. The van der Waals surface area contributed by atoms with Crippen molar-refractivity contribution in [3.63, 3.8) is 0 Å². The molecule has 0 aromatic carbocycles. The van der Waals surface area contributed by atoms with E-state index in [1.54, 1.807) is 11.3 Å². The number of rotatable bonds is 2. The lowest BCUT2D eigenvalue weighted by molar-refractivity contribution is 0.275. The van der Waals surface area contributed by atoms with E-state index < -0.39 is 0 Å². The lowest BCUT2D eigenvalue weighted by atomic mass is 10.0. The summed E-state index contributed by atoms with van der Waals surface area (Å²) in [7, 11) is 0. The minimum atomic E-state index is 0.0415. The fraction of sp³-hybridized carbons (Fsp3) is 0.583. The number of anilines is 1. The quantitative estimate of drug-likeness (QED) is 0.890. The minimum Gasteiger partial charge on any atom is -0.390 e. The van der Waals surface area contributed by atoms with E-state index in [-0.39, 0.29) is 12.1 Å². The van der Waals surface area contributed by atoms with Crippen LogP contribution >= 0.6 is 11.3 Å². The van der Waals surface area contributed by atoms with Gasteiger partial charge in [0.2, 0.25) is 0 Å². The summed E-state index contributed by atoms with van der Waals surface area (Å²) in [4.78, 5) is 7.96. The van der Waals surface area contributed by atoms with Crippen molar-refractivity contribution in [1.82, 2.24) is 9.38 Å². The lowest BCUT2D eigenvalue weighted by Gasteiger charge is -2.32. The Morgan fingerprint density at radius 1 is 1.53 bits per heavy atom. The standard InChI is InChI=1S/C12H17N3OS/c1-12(2)4-3-5-15(12)10-9(8-16)14-6-7-17-11(14)13-10/h6-7,16H,3-5,8H2,1-2H3. The number of hydrogen-bond acceptors (Lipinski definition) is 4. The van der Waals surface area contributed by atoms with Crippen molar-refractivity contribution < 1.29 is 5.11 Å². The van der Waals surface area contributed by atoms with Gasteiger partial charge < -0.3 is 10.0 Å². The maximum absolute atomic E-state index is 9.57. The van der Waals surface area contributed by atoms with Gasteiger partial charge in [0.05, 0.1) is 12.3 Å². The van der Waals surface area contributed by atoms with Crippen molar-refractivity contribution >= 4 is 22.1 Å². The molecule has 1 aliphatic rings. The van der Waals surface area contributed by atoms with Gasteiger partial charge in [0.25, 0.3) is 0 Å². The van der Waals surface area contributed by atoms with Gasteiger partial charge in [-0.3, -0.25) is 4.40 Å².